The first-order valence-corrected chi connectivity index (χ1v) is 18.1. The Hall–Kier alpha value is -3.88. The summed E-state index contributed by atoms with van der Waals surface area (Å²) in [5.41, 5.74) is 3.05. The van der Waals surface area contributed by atoms with Crippen LogP contribution in [0.15, 0.2) is 48.1 Å². The Kier molecular flexibility index (Phi) is 8.89. The molecule has 14 heteroatoms. The number of thiophene rings is 1. The lowest BCUT2D eigenvalue weighted by Crippen LogP contribution is -2.59. The summed E-state index contributed by atoms with van der Waals surface area (Å²) in [5, 5.41) is 9.59. The van der Waals surface area contributed by atoms with E-state index in [9.17, 15) is 18.0 Å². The topological polar surface area (TPSA) is 133 Å². The first kappa shape index (κ1) is 31.1. The molecule has 0 bridgehead atoms. The molecule has 2 aliphatic rings. The number of hydrogen-bond acceptors (Lipinski definition) is 10. The number of pyridine rings is 1. The van der Waals surface area contributed by atoms with Gasteiger partial charge in [-0.1, -0.05) is 19.9 Å². The van der Waals surface area contributed by atoms with Gasteiger partial charge in [-0.2, -0.15) is 5.10 Å². The van der Waals surface area contributed by atoms with Crippen molar-refractivity contribution in [2.75, 3.05) is 55.7 Å². The third kappa shape index (κ3) is 6.44. The molecule has 2 aliphatic heterocycles. The Bertz CT molecular complexity index is 1790. The van der Waals surface area contributed by atoms with Gasteiger partial charge in [0.25, 0.3) is 5.91 Å². The number of hydrogen-bond donors (Lipinski definition) is 1. The van der Waals surface area contributed by atoms with Gasteiger partial charge in [0.15, 0.2) is 15.5 Å². The van der Waals surface area contributed by atoms with Gasteiger partial charge in [-0.15, -0.1) is 11.3 Å². The summed E-state index contributed by atoms with van der Waals surface area (Å²) in [4.78, 5) is 43.8. The lowest BCUT2D eigenvalue weighted by Gasteiger charge is -2.43. The number of carbonyl (C=O) groups excluding carboxylic acids is 2. The van der Waals surface area contributed by atoms with Crippen molar-refractivity contribution in [1.29, 1.82) is 0 Å². The number of rotatable bonds is 10. The second-order valence-electron chi connectivity index (χ2n) is 11.5. The quantitative estimate of drug-likeness (QED) is 0.275. The van der Waals surface area contributed by atoms with E-state index in [1.165, 1.54) is 0 Å². The van der Waals surface area contributed by atoms with Crippen molar-refractivity contribution >= 4 is 44.5 Å². The minimum Gasteiger partial charge on any atom is -0.350 e. The highest BCUT2D eigenvalue weighted by Gasteiger charge is 2.39. The maximum absolute atomic E-state index is 13.6. The Morgan fingerprint density at radius 2 is 1.87 bits per heavy atom. The van der Waals surface area contributed by atoms with Crippen molar-refractivity contribution in [2.24, 2.45) is 0 Å². The van der Waals surface area contributed by atoms with Crippen molar-refractivity contribution in [3.8, 4) is 21.8 Å². The standard InChI is InChI=1S/C31H38N8O4S2/c1-4-36(5-2)21(3)19-32-30(40)22-17-25(23-20-33-39-11-8-24(35-29(23)39)27-7-6-14-44-27)34-28(18-22)38-10-9-26(38)31(41)37-12-15-45(42,43)16-13-37/h6-8,11,14,17-18,20-21,26H,4-5,9-10,12-13,15-16,19H2,1-3H3,(H,32,40)/t21?,26-/m0/s1. The molecule has 0 saturated carbocycles. The van der Waals surface area contributed by atoms with Crippen LogP contribution in [0.2, 0.25) is 0 Å². The fourth-order valence-corrected chi connectivity index (χ4v) is 7.82. The molecule has 6 rings (SSSR count). The maximum Gasteiger partial charge on any atom is 0.251 e. The molecule has 2 atom stereocenters. The average molecular weight is 651 g/mol. The molecule has 45 heavy (non-hydrogen) atoms. The molecule has 4 aromatic heterocycles. The van der Waals surface area contributed by atoms with Gasteiger partial charge in [0.2, 0.25) is 5.91 Å². The summed E-state index contributed by atoms with van der Waals surface area (Å²) in [6.07, 6.45) is 4.18. The van der Waals surface area contributed by atoms with Crippen LogP contribution < -0.4 is 10.2 Å². The van der Waals surface area contributed by atoms with E-state index >= 15 is 0 Å². The van der Waals surface area contributed by atoms with Crippen LogP contribution in [-0.4, -0.2) is 112 Å². The zero-order valence-electron chi connectivity index (χ0n) is 25.7. The number of amides is 2. The Morgan fingerprint density at radius 1 is 1.09 bits per heavy atom. The summed E-state index contributed by atoms with van der Waals surface area (Å²) >= 11 is 1.60. The summed E-state index contributed by atoms with van der Waals surface area (Å²) in [6, 6.07) is 9.08. The maximum atomic E-state index is 13.6. The van der Waals surface area contributed by atoms with E-state index in [4.69, 9.17) is 9.97 Å². The highest BCUT2D eigenvalue weighted by atomic mass is 32.2. The van der Waals surface area contributed by atoms with Crippen LogP contribution in [0.5, 0.6) is 0 Å². The second-order valence-corrected chi connectivity index (χ2v) is 14.7. The summed E-state index contributed by atoms with van der Waals surface area (Å²) in [7, 11) is -3.11. The molecule has 0 radical (unpaired) electrons. The Labute approximate surface area is 267 Å². The molecule has 0 aromatic carbocycles. The molecule has 2 saturated heterocycles. The summed E-state index contributed by atoms with van der Waals surface area (Å²) in [6.45, 7) is 9.53. The molecule has 6 heterocycles. The molecule has 12 nitrogen and oxygen atoms in total. The Balaban J connectivity index is 1.34. The van der Waals surface area contributed by atoms with Crippen LogP contribution in [0.3, 0.4) is 0 Å². The molecule has 0 aliphatic carbocycles. The zero-order valence-corrected chi connectivity index (χ0v) is 27.4. The normalized spacial score (nSPS) is 18.6. The minimum atomic E-state index is -3.11. The van der Waals surface area contributed by atoms with Gasteiger partial charge in [0, 0.05) is 44.0 Å². The molecule has 2 fully saturated rings. The van der Waals surface area contributed by atoms with E-state index in [1.54, 1.807) is 39.1 Å². The van der Waals surface area contributed by atoms with Crippen molar-refractivity contribution in [3.05, 3.63) is 53.7 Å². The SMILES string of the molecule is CCN(CC)C(C)CNC(=O)c1cc(-c2cnn3ccc(-c4cccs4)nc23)nc(N2CC[C@H]2C(=O)N2CCS(=O)(=O)CC2)c1. The second kappa shape index (κ2) is 12.9. The molecule has 238 valence electrons. The van der Waals surface area contributed by atoms with Gasteiger partial charge >= 0.3 is 0 Å². The number of aromatic nitrogens is 4. The van der Waals surface area contributed by atoms with Crippen LogP contribution in [0.25, 0.3) is 27.5 Å². The third-order valence-electron chi connectivity index (χ3n) is 8.74. The van der Waals surface area contributed by atoms with Gasteiger partial charge in [0.1, 0.15) is 11.9 Å². The van der Waals surface area contributed by atoms with Crippen LogP contribution in [-0.2, 0) is 14.6 Å². The average Bonchev–Trinajstić information content (AvgIpc) is 3.70. The predicted octanol–water partition coefficient (Wildman–Crippen LogP) is 2.82. The van der Waals surface area contributed by atoms with Crippen molar-refractivity contribution in [1.82, 2.24) is 34.7 Å². The summed E-state index contributed by atoms with van der Waals surface area (Å²) < 4.78 is 25.6. The van der Waals surface area contributed by atoms with Gasteiger partial charge < -0.3 is 15.1 Å². The number of sulfone groups is 1. The third-order valence-corrected chi connectivity index (χ3v) is 11.2. The van der Waals surface area contributed by atoms with Gasteiger partial charge in [-0.05, 0) is 56.1 Å². The number of nitrogens with one attached hydrogen (secondary N) is 1. The van der Waals surface area contributed by atoms with Gasteiger partial charge in [0.05, 0.1) is 39.5 Å². The van der Waals surface area contributed by atoms with Gasteiger partial charge in [-0.25, -0.2) is 22.9 Å². The highest BCUT2D eigenvalue weighted by Crippen LogP contribution is 2.32. The highest BCUT2D eigenvalue weighted by molar-refractivity contribution is 7.91. The molecular formula is C31H38N8O4S2. The van der Waals surface area contributed by atoms with E-state index in [2.05, 4.69) is 36.1 Å². The van der Waals surface area contributed by atoms with E-state index in [-0.39, 0.29) is 42.5 Å². The van der Waals surface area contributed by atoms with Crippen LogP contribution in [0.1, 0.15) is 37.6 Å². The molecule has 1 N–H and O–H groups in total. The number of carbonyl (C=O) groups is 2. The van der Waals surface area contributed by atoms with Crippen LogP contribution in [0.4, 0.5) is 5.82 Å². The monoisotopic (exact) mass is 650 g/mol. The summed E-state index contributed by atoms with van der Waals surface area (Å²) in [5.74, 6) is 0.125. The molecule has 2 amide bonds. The largest absolute Gasteiger partial charge is 0.350 e. The smallest absolute Gasteiger partial charge is 0.251 e. The number of fused-ring (bicyclic) bond motifs is 1. The van der Waals surface area contributed by atoms with E-state index < -0.39 is 15.9 Å². The van der Waals surface area contributed by atoms with E-state index in [1.807, 2.05) is 34.7 Å². The van der Waals surface area contributed by atoms with Crippen molar-refractivity contribution in [2.45, 2.75) is 39.3 Å². The minimum absolute atomic E-state index is 0.0232. The fourth-order valence-electron chi connectivity index (χ4n) is 5.92. The lowest BCUT2D eigenvalue weighted by atomic mass is 10.0. The van der Waals surface area contributed by atoms with E-state index in [0.717, 1.165) is 23.7 Å². The van der Waals surface area contributed by atoms with Crippen molar-refractivity contribution < 1.29 is 18.0 Å². The van der Waals surface area contributed by atoms with Gasteiger partial charge in [-0.3, -0.25) is 14.5 Å². The molecular weight excluding hydrogens is 613 g/mol. The van der Waals surface area contributed by atoms with E-state index in [0.29, 0.717) is 47.8 Å². The molecule has 1 unspecified atom stereocenters. The fraction of sp³-hybridized carbons (Fsp3) is 0.452. The van der Waals surface area contributed by atoms with Crippen molar-refractivity contribution in [3.63, 3.8) is 0 Å². The first-order valence-electron chi connectivity index (χ1n) is 15.4. The Morgan fingerprint density at radius 3 is 2.53 bits per heavy atom. The predicted molar refractivity (Wildman–Crippen MR) is 175 cm³/mol. The zero-order chi connectivity index (χ0) is 31.7. The van der Waals surface area contributed by atoms with Crippen LogP contribution >= 0.6 is 11.3 Å². The number of nitrogens with zero attached hydrogens (tertiary/aromatic N) is 7. The molecule has 0 spiro atoms. The first-order chi connectivity index (χ1) is 21.7. The van der Waals surface area contributed by atoms with Crippen LogP contribution in [0, 0.1) is 0 Å². The number of likely N-dealkylation sites (N-methyl/N-ethyl adjacent to an activating group) is 1. The molecule has 4 aromatic rings. The lowest BCUT2D eigenvalue weighted by molar-refractivity contribution is -0.133. The number of anilines is 1.